The van der Waals surface area contributed by atoms with Crippen molar-refractivity contribution in [2.75, 3.05) is 23.8 Å². The summed E-state index contributed by atoms with van der Waals surface area (Å²) in [6.45, 7) is 2.36. The van der Waals surface area contributed by atoms with Gasteiger partial charge in [-0.1, -0.05) is 41.9 Å². The lowest BCUT2D eigenvalue weighted by molar-refractivity contribution is -0.136. The van der Waals surface area contributed by atoms with Gasteiger partial charge in [-0.3, -0.25) is 9.59 Å². The van der Waals surface area contributed by atoms with Crippen LogP contribution in [0.1, 0.15) is 23.0 Å². The van der Waals surface area contributed by atoms with E-state index >= 15 is 0 Å². The standard InChI is InChI=1S/C29H27ClN8O4/c1-2-42-29(41)25-14-19-13-21(9-10-23(19)34-25)31-16-22(12-18-6-4-3-5-7-18)33-27(39)28(40)35-24-15-20(30)8-11-26(24)38-17-32-36-37-38/h3-11,13-15,17,22,31,34H,2,12,16H2,1H3,(H,33,39)(H,35,40)/t22-/m0/s1. The average molecular weight is 587 g/mol. The maximum Gasteiger partial charge on any atom is 0.354 e. The van der Waals surface area contributed by atoms with E-state index in [1.807, 2.05) is 48.5 Å². The Hall–Kier alpha value is -5.23. The van der Waals surface area contributed by atoms with Crippen LogP contribution in [-0.2, 0) is 20.7 Å². The molecule has 42 heavy (non-hydrogen) atoms. The molecule has 0 spiro atoms. The van der Waals surface area contributed by atoms with Crippen LogP contribution in [0, 0.1) is 0 Å². The number of aromatic nitrogens is 5. The highest BCUT2D eigenvalue weighted by Gasteiger charge is 2.21. The SMILES string of the molecule is CCOC(=O)c1cc2cc(NC[C@H](Cc3ccccc3)NC(=O)C(=O)Nc3cc(Cl)ccc3-n3cnnn3)ccc2[nH]1. The second kappa shape index (κ2) is 13.0. The van der Waals surface area contributed by atoms with Gasteiger partial charge in [0.1, 0.15) is 12.0 Å². The molecule has 0 aliphatic carbocycles. The summed E-state index contributed by atoms with van der Waals surface area (Å²) in [5.74, 6) is -2.11. The van der Waals surface area contributed by atoms with Gasteiger partial charge in [0.2, 0.25) is 0 Å². The van der Waals surface area contributed by atoms with Crippen LogP contribution >= 0.6 is 11.6 Å². The van der Waals surface area contributed by atoms with Crippen molar-refractivity contribution in [3.05, 3.63) is 95.4 Å². The number of nitrogens with one attached hydrogen (secondary N) is 4. The minimum Gasteiger partial charge on any atom is -0.461 e. The van der Waals surface area contributed by atoms with E-state index in [1.165, 1.54) is 17.1 Å². The molecule has 2 amide bonds. The van der Waals surface area contributed by atoms with Crippen LogP contribution in [0.4, 0.5) is 11.4 Å². The molecule has 0 bridgehead atoms. The maximum absolute atomic E-state index is 13.1. The number of ether oxygens (including phenoxy) is 1. The number of carbonyl (C=O) groups is 3. The molecule has 2 aromatic heterocycles. The van der Waals surface area contributed by atoms with Crippen molar-refractivity contribution >= 4 is 51.7 Å². The number of aromatic amines is 1. The molecular weight excluding hydrogens is 560 g/mol. The number of rotatable bonds is 10. The van der Waals surface area contributed by atoms with Gasteiger partial charge in [0.15, 0.2) is 0 Å². The Bertz CT molecular complexity index is 1710. The van der Waals surface area contributed by atoms with Gasteiger partial charge in [0, 0.05) is 28.2 Å². The van der Waals surface area contributed by atoms with Crippen molar-refractivity contribution in [2.45, 2.75) is 19.4 Å². The number of amides is 2. The third kappa shape index (κ3) is 6.91. The highest BCUT2D eigenvalue weighted by Crippen LogP contribution is 2.24. The number of esters is 1. The highest BCUT2D eigenvalue weighted by molar-refractivity contribution is 6.40. The highest BCUT2D eigenvalue weighted by atomic mass is 35.5. The molecule has 5 rings (SSSR count). The van der Waals surface area contributed by atoms with Gasteiger partial charge < -0.3 is 25.7 Å². The number of H-pyrrole nitrogens is 1. The summed E-state index contributed by atoms with van der Waals surface area (Å²) in [5, 5.41) is 21.0. The predicted octanol–water partition coefficient (Wildman–Crippen LogP) is 3.75. The lowest BCUT2D eigenvalue weighted by atomic mass is 10.1. The number of hydrogen-bond donors (Lipinski definition) is 4. The van der Waals surface area contributed by atoms with Crippen LogP contribution in [0.2, 0.25) is 5.02 Å². The maximum atomic E-state index is 13.1. The molecule has 0 fully saturated rings. The molecule has 3 aromatic carbocycles. The molecule has 0 saturated carbocycles. The van der Waals surface area contributed by atoms with Crippen molar-refractivity contribution in [2.24, 2.45) is 0 Å². The molecule has 0 unspecified atom stereocenters. The second-order valence-corrected chi connectivity index (χ2v) is 9.75. The molecule has 0 aliphatic rings. The van der Waals surface area contributed by atoms with Crippen molar-refractivity contribution in [3.8, 4) is 5.69 Å². The summed E-state index contributed by atoms with van der Waals surface area (Å²) in [6.07, 6.45) is 1.84. The molecule has 1 atom stereocenters. The van der Waals surface area contributed by atoms with E-state index in [0.29, 0.717) is 29.4 Å². The minimum atomic E-state index is -0.870. The number of benzene rings is 3. The van der Waals surface area contributed by atoms with E-state index in [0.717, 1.165) is 22.2 Å². The smallest absolute Gasteiger partial charge is 0.354 e. The Morgan fingerprint density at radius 3 is 2.62 bits per heavy atom. The average Bonchev–Trinajstić information content (AvgIpc) is 3.67. The fourth-order valence-electron chi connectivity index (χ4n) is 4.39. The number of fused-ring (bicyclic) bond motifs is 1. The lowest BCUT2D eigenvalue weighted by Gasteiger charge is -2.20. The van der Waals surface area contributed by atoms with Crippen molar-refractivity contribution in [3.63, 3.8) is 0 Å². The first kappa shape index (κ1) is 28.3. The fourth-order valence-corrected chi connectivity index (χ4v) is 4.56. The largest absolute Gasteiger partial charge is 0.461 e. The van der Waals surface area contributed by atoms with Crippen LogP contribution in [-0.4, -0.2) is 62.2 Å². The first-order valence-electron chi connectivity index (χ1n) is 13.1. The summed E-state index contributed by atoms with van der Waals surface area (Å²) in [6, 6.07) is 21.3. The molecule has 2 heterocycles. The Labute approximate surface area is 245 Å². The van der Waals surface area contributed by atoms with Crippen molar-refractivity contribution in [1.29, 1.82) is 0 Å². The molecule has 214 valence electrons. The van der Waals surface area contributed by atoms with Crippen molar-refractivity contribution < 1.29 is 19.1 Å². The van der Waals surface area contributed by atoms with E-state index in [9.17, 15) is 14.4 Å². The van der Waals surface area contributed by atoms with E-state index in [4.69, 9.17) is 16.3 Å². The molecule has 5 aromatic rings. The molecule has 12 nitrogen and oxygen atoms in total. The van der Waals surface area contributed by atoms with Crippen LogP contribution in [0.5, 0.6) is 0 Å². The zero-order valence-electron chi connectivity index (χ0n) is 22.5. The van der Waals surface area contributed by atoms with Gasteiger partial charge in [-0.05, 0) is 71.8 Å². The monoisotopic (exact) mass is 586 g/mol. The number of hydrogen-bond acceptors (Lipinski definition) is 8. The molecule has 0 aliphatic heterocycles. The third-order valence-electron chi connectivity index (χ3n) is 6.34. The zero-order chi connectivity index (χ0) is 29.5. The van der Waals surface area contributed by atoms with E-state index < -0.39 is 23.8 Å². The molecule has 0 radical (unpaired) electrons. The number of halogens is 1. The summed E-state index contributed by atoms with van der Waals surface area (Å²) < 4.78 is 6.42. The van der Waals surface area contributed by atoms with Gasteiger partial charge in [0.05, 0.1) is 24.0 Å². The summed E-state index contributed by atoms with van der Waals surface area (Å²) in [4.78, 5) is 41.2. The van der Waals surface area contributed by atoms with Gasteiger partial charge in [0.25, 0.3) is 0 Å². The van der Waals surface area contributed by atoms with Gasteiger partial charge in [-0.25, -0.2) is 4.79 Å². The number of nitrogens with zero attached hydrogens (tertiary/aromatic N) is 4. The quantitative estimate of drug-likeness (QED) is 0.142. The Kier molecular flexibility index (Phi) is 8.73. The van der Waals surface area contributed by atoms with E-state index in [1.54, 1.807) is 25.1 Å². The number of carbonyl (C=O) groups excluding carboxylic acids is 3. The Morgan fingerprint density at radius 1 is 1.02 bits per heavy atom. The molecule has 13 heteroatoms. The first-order valence-corrected chi connectivity index (χ1v) is 13.5. The molecular formula is C29H27ClN8O4. The first-order chi connectivity index (χ1) is 20.4. The number of tetrazole rings is 1. The molecule has 0 saturated heterocycles. The normalized spacial score (nSPS) is 11.6. The summed E-state index contributed by atoms with van der Waals surface area (Å²) in [5.41, 5.74) is 3.64. The number of anilines is 2. The minimum absolute atomic E-state index is 0.273. The van der Waals surface area contributed by atoms with Crippen LogP contribution < -0.4 is 16.0 Å². The van der Waals surface area contributed by atoms with Gasteiger partial charge >= 0.3 is 17.8 Å². The Morgan fingerprint density at radius 2 is 1.86 bits per heavy atom. The predicted molar refractivity (Wildman–Crippen MR) is 158 cm³/mol. The van der Waals surface area contributed by atoms with E-state index in [2.05, 4.69) is 36.5 Å². The summed E-state index contributed by atoms with van der Waals surface area (Å²) in [7, 11) is 0. The fraction of sp³-hybridized carbons (Fsp3) is 0.172. The van der Waals surface area contributed by atoms with Crippen LogP contribution in [0.25, 0.3) is 16.6 Å². The second-order valence-electron chi connectivity index (χ2n) is 9.32. The van der Waals surface area contributed by atoms with Crippen molar-refractivity contribution in [1.82, 2.24) is 30.5 Å². The van der Waals surface area contributed by atoms with Gasteiger partial charge in [-0.2, -0.15) is 4.68 Å². The van der Waals surface area contributed by atoms with Gasteiger partial charge in [-0.15, -0.1) is 5.10 Å². The van der Waals surface area contributed by atoms with Crippen LogP contribution in [0.15, 0.2) is 79.1 Å². The van der Waals surface area contributed by atoms with E-state index in [-0.39, 0.29) is 12.3 Å². The topological polar surface area (TPSA) is 156 Å². The van der Waals surface area contributed by atoms with Crippen LogP contribution in [0.3, 0.4) is 0 Å². The molecule has 4 N–H and O–H groups in total. The lowest BCUT2D eigenvalue weighted by Crippen LogP contribution is -2.46. The third-order valence-corrected chi connectivity index (χ3v) is 6.57. The Balaban J connectivity index is 1.29. The zero-order valence-corrected chi connectivity index (χ0v) is 23.3. The summed E-state index contributed by atoms with van der Waals surface area (Å²) >= 11 is 6.14.